The van der Waals surface area contributed by atoms with Crippen LogP contribution >= 0.6 is 0 Å². The van der Waals surface area contributed by atoms with Crippen LogP contribution in [-0.4, -0.2) is 34.0 Å². The van der Waals surface area contributed by atoms with Gasteiger partial charge in [0.1, 0.15) is 6.10 Å². The molecule has 0 saturated carbocycles. The van der Waals surface area contributed by atoms with Crippen molar-refractivity contribution < 1.29 is 19.5 Å². The summed E-state index contributed by atoms with van der Waals surface area (Å²) in [6, 6.07) is 1.82. The van der Waals surface area contributed by atoms with Crippen molar-refractivity contribution in [1.82, 2.24) is 10.5 Å². The van der Waals surface area contributed by atoms with E-state index in [1.165, 1.54) is 0 Å². The molecule has 1 atom stereocenters. The Bertz CT molecular complexity index is 443. The van der Waals surface area contributed by atoms with Crippen molar-refractivity contribution in [2.24, 2.45) is 5.41 Å². The molecule has 0 aromatic carbocycles. The number of aromatic nitrogens is 1. The molecule has 21 heavy (non-hydrogen) atoms. The van der Waals surface area contributed by atoms with Gasteiger partial charge in [-0.05, 0) is 12.8 Å². The first kappa shape index (κ1) is 17.7. The average Bonchev–Trinajstić information content (AvgIpc) is 2.92. The number of aliphatic hydroxyl groups is 2. The molecule has 0 aliphatic heterocycles. The standard InChI is InChI=1S/C15H26N2O4/c1-4-5-6-7-11-8-12(21-17-11)9-16-14(20)13(19)15(2,3)10-18/h8,13,18-19H,4-7,9-10H2,1-3H3,(H,16,20)/t13-/m0/s1. The van der Waals surface area contributed by atoms with Crippen molar-refractivity contribution in [2.75, 3.05) is 6.61 Å². The quantitative estimate of drug-likeness (QED) is 0.599. The maximum absolute atomic E-state index is 11.8. The Kier molecular flexibility index (Phi) is 6.84. The van der Waals surface area contributed by atoms with E-state index >= 15 is 0 Å². The van der Waals surface area contributed by atoms with Crippen LogP contribution in [0.1, 0.15) is 51.5 Å². The Morgan fingerprint density at radius 2 is 2.19 bits per heavy atom. The molecular formula is C15H26N2O4. The highest BCUT2D eigenvalue weighted by Gasteiger charge is 2.32. The van der Waals surface area contributed by atoms with Crippen molar-refractivity contribution in [2.45, 2.75) is 59.1 Å². The van der Waals surface area contributed by atoms with Gasteiger partial charge in [-0.2, -0.15) is 0 Å². The second-order valence-corrected chi connectivity index (χ2v) is 6.01. The summed E-state index contributed by atoms with van der Waals surface area (Å²) in [7, 11) is 0. The highest BCUT2D eigenvalue weighted by molar-refractivity contribution is 5.81. The van der Waals surface area contributed by atoms with Gasteiger partial charge in [-0.15, -0.1) is 0 Å². The number of amides is 1. The van der Waals surface area contributed by atoms with Gasteiger partial charge in [0.15, 0.2) is 5.76 Å². The van der Waals surface area contributed by atoms with Gasteiger partial charge < -0.3 is 20.1 Å². The first-order chi connectivity index (χ1) is 9.90. The number of nitrogens with zero attached hydrogens (tertiary/aromatic N) is 1. The Labute approximate surface area is 125 Å². The summed E-state index contributed by atoms with van der Waals surface area (Å²) in [4.78, 5) is 11.8. The summed E-state index contributed by atoms with van der Waals surface area (Å²) in [5, 5.41) is 25.5. The summed E-state index contributed by atoms with van der Waals surface area (Å²) in [5.74, 6) is 0.0295. The largest absolute Gasteiger partial charge is 0.396 e. The smallest absolute Gasteiger partial charge is 0.249 e. The number of carbonyl (C=O) groups is 1. The third-order valence-corrected chi connectivity index (χ3v) is 3.48. The van der Waals surface area contributed by atoms with E-state index in [1.807, 2.05) is 6.07 Å². The lowest BCUT2D eigenvalue weighted by molar-refractivity contribution is -0.137. The molecule has 3 N–H and O–H groups in total. The molecule has 1 aromatic heterocycles. The topological polar surface area (TPSA) is 95.6 Å². The van der Waals surface area contributed by atoms with Crippen LogP contribution in [0.3, 0.4) is 0 Å². The SMILES string of the molecule is CCCCCc1cc(CNC(=O)[C@H](O)C(C)(C)CO)on1. The van der Waals surface area contributed by atoms with Gasteiger partial charge in [0, 0.05) is 11.5 Å². The Morgan fingerprint density at radius 1 is 1.48 bits per heavy atom. The van der Waals surface area contributed by atoms with Gasteiger partial charge in [-0.3, -0.25) is 4.79 Å². The molecule has 0 saturated heterocycles. The van der Waals surface area contributed by atoms with Gasteiger partial charge >= 0.3 is 0 Å². The predicted octanol–water partition coefficient (Wildman–Crippen LogP) is 1.40. The molecule has 120 valence electrons. The minimum atomic E-state index is -1.27. The second-order valence-electron chi connectivity index (χ2n) is 6.01. The fraction of sp³-hybridized carbons (Fsp3) is 0.733. The van der Waals surface area contributed by atoms with E-state index in [9.17, 15) is 9.90 Å². The van der Waals surface area contributed by atoms with E-state index in [1.54, 1.807) is 13.8 Å². The summed E-state index contributed by atoms with van der Waals surface area (Å²) in [5.41, 5.74) is 0.000480. The van der Waals surface area contributed by atoms with Crippen molar-refractivity contribution in [3.05, 3.63) is 17.5 Å². The van der Waals surface area contributed by atoms with Gasteiger partial charge in [0.2, 0.25) is 5.91 Å². The molecule has 1 amide bonds. The first-order valence-corrected chi connectivity index (χ1v) is 7.41. The molecule has 1 rings (SSSR count). The van der Waals surface area contributed by atoms with Crippen molar-refractivity contribution >= 4 is 5.91 Å². The van der Waals surface area contributed by atoms with Crippen molar-refractivity contribution in [1.29, 1.82) is 0 Å². The second kappa shape index (κ2) is 8.14. The van der Waals surface area contributed by atoms with Crippen LogP contribution in [0.25, 0.3) is 0 Å². The van der Waals surface area contributed by atoms with Crippen LogP contribution in [0.15, 0.2) is 10.6 Å². The number of aliphatic hydroxyl groups excluding tert-OH is 2. The zero-order valence-electron chi connectivity index (χ0n) is 13.1. The molecule has 0 fully saturated rings. The highest BCUT2D eigenvalue weighted by Crippen LogP contribution is 2.19. The number of carbonyl (C=O) groups excluding carboxylic acids is 1. The van der Waals surface area contributed by atoms with Crippen molar-refractivity contribution in [3.8, 4) is 0 Å². The van der Waals surface area contributed by atoms with Crippen LogP contribution in [0, 0.1) is 5.41 Å². The molecule has 0 radical (unpaired) electrons. The number of nitrogens with one attached hydrogen (secondary N) is 1. The van der Waals surface area contributed by atoms with E-state index in [0.29, 0.717) is 5.76 Å². The van der Waals surface area contributed by atoms with Crippen LogP contribution in [0.5, 0.6) is 0 Å². The molecule has 0 aliphatic rings. The number of hydrogen-bond acceptors (Lipinski definition) is 5. The number of unbranched alkanes of at least 4 members (excludes halogenated alkanes) is 2. The molecule has 0 spiro atoms. The lowest BCUT2D eigenvalue weighted by Crippen LogP contribution is -2.45. The van der Waals surface area contributed by atoms with E-state index < -0.39 is 17.4 Å². The number of hydrogen-bond donors (Lipinski definition) is 3. The Morgan fingerprint density at radius 3 is 2.81 bits per heavy atom. The number of aryl methyl sites for hydroxylation is 1. The van der Waals surface area contributed by atoms with Crippen molar-refractivity contribution in [3.63, 3.8) is 0 Å². The molecule has 6 heteroatoms. The summed E-state index contributed by atoms with van der Waals surface area (Å²) >= 11 is 0. The summed E-state index contributed by atoms with van der Waals surface area (Å²) in [6.45, 7) is 5.29. The summed E-state index contributed by atoms with van der Waals surface area (Å²) < 4.78 is 5.14. The molecule has 0 unspecified atom stereocenters. The van der Waals surface area contributed by atoms with Gasteiger partial charge in [0.25, 0.3) is 0 Å². The molecule has 0 bridgehead atoms. The van der Waals surface area contributed by atoms with Crippen LogP contribution in [0.2, 0.25) is 0 Å². The van der Waals surface area contributed by atoms with Gasteiger partial charge in [0.05, 0.1) is 18.8 Å². The molecule has 6 nitrogen and oxygen atoms in total. The lowest BCUT2D eigenvalue weighted by atomic mass is 9.87. The molecule has 1 aromatic rings. The molecular weight excluding hydrogens is 272 g/mol. The first-order valence-electron chi connectivity index (χ1n) is 7.41. The van der Waals surface area contributed by atoms with Crippen LogP contribution < -0.4 is 5.32 Å². The highest BCUT2D eigenvalue weighted by atomic mass is 16.5. The Hall–Kier alpha value is -1.40. The van der Waals surface area contributed by atoms with Gasteiger partial charge in [-0.1, -0.05) is 38.8 Å². The maximum atomic E-state index is 11.8. The fourth-order valence-electron chi connectivity index (χ4n) is 1.83. The van der Waals surface area contributed by atoms with Gasteiger partial charge in [-0.25, -0.2) is 0 Å². The predicted molar refractivity (Wildman–Crippen MR) is 78.5 cm³/mol. The minimum Gasteiger partial charge on any atom is -0.396 e. The average molecular weight is 298 g/mol. The van der Waals surface area contributed by atoms with E-state index in [-0.39, 0.29) is 13.2 Å². The zero-order valence-corrected chi connectivity index (χ0v) is 13.1. The lowest BCUT2D eigenvalue weighted by Gasteiger charge is -2.26. The van der Waals surface area contributed by atoms with E-state index in [2.05, 4.69) is 17.4 Å². The fourth-order valence-corrected chi connectivity index (χ4v) is 1.83. The number of rotatable bonds is 9. The monoisotopic (exact) mass is 298 g/mol. The molecule has 0 aliphatic carbocycles. The zero-order chi connectivity index (χ0) is 15.9. The summed E-state index contributed by atoms with van der Waals surface area (Å²) in [6.07, 6.45) is 2.97. The van der Waals surface area contributed by atoms with Crippen LogP contribution in [0.4, 0.5) is 0 Å². The van der Waals surface area contributed by atoms with E-state index in [4.69, 9.17) is 9.63 Å². The van der Waals surface area contributed by atoms with Crippen LogP contribution in [-0.2, 0) is 17.8 Å². The molecule has 1 heterocycles. The minimum absolute atomic E-state index is 0.179. The Balaban J connectivity index is 2.43. The van der Waals surface area contributed by atoms with E-state index in [0.717, 1.165) is 31.4 Å². The maximum Gasteiger partial charge on any atom is 0.249 e. The normalized spacial score (nSPS) is 13.2. The third kappa shape index (κ3) is 5.47. The third-order valence-electron chi connectivity index (χ3n) is 3.48.